The molecule has 136 valence electrons. The zero-order valence-corrected chi connectivity index (χ0v) is 14.8. The minimum absolute atomic E-state index is 0.149. The predicted octanol–water partition coefficient (Wildman–Crippen LogP) is 2.37. The van der Waals surface area contributed by atoms with Crippen molar-refractivity contribution in [3.63, 3.8) is 0 Å². The molecule has 4 rings (SSSR count). The molecule has 4 aliphatic rings. The van der Waals surface area contributed by atoms with Gasteiger partial charge in [-0.15, -0.1) is 0 Å². The van der Waals surface area contributed by atoms with Crippen molar-refractivity contribution < 1.29 is 24.6 Å². The fourth-order valence-electron chi connectivity index (χ4n) is 6.66. The van der Waals surface area contributed by atoms with Gasteiger partial charge in [-0.25, -0.2) is 0 Å². The fourth-order valence-corrected chi connectivity index (χ4v) is 6.66. The van der Waals surface area contributed by atoms with E-state index in [1.165, 1.54) is 6.08 Å². The Bertz CT molecular complexity index is 694. The Hall–Kier alpha value is -1.49. The molecular formula is C20H26O5. The third-order valence-corrected chi connectivity index (χ3v) is 7.96. The van der Waals surface area contributed by atoms with Gasteiger partial charge in [0, 0.05) is 23.2 Å². The van der Waals surface area contributed by atoms with Crippen molar-refractivity contribution >= 4 is 17.5 Å². The summed E-state index contributed by atoms with van der Waals surface area (Å²) in [7, 11) is 0. The number of allylic oxidation sites excluding steroid dienone is 1. The summed E-state index contributed by atoms with van der Waals surface area (Å²) in [6.07, 6.45) is 4.98. The summed E-state index contributed by atoms with van der Waals surface area (Å²) >= 11 is 0. The zero-order valence-electron chi connectivity index (χ0n) is 14.8. The summed E-state index contributed by atoms with van der Waals surface area (Å²) < 4.78 is 0. The van der Waals surface area contributed by atoms with Crippen molar-refractivity contribution in [3.8, 4) is 0 Å². The highest BCUT2D eigenvalue weighted by Gasteiger charge is 2.63. The lowest BCUT2D eigenvalue weighted by atomic mass is 9.46. The maximum Gasteiger partial charge on any atom is 0.314 e. The molecule has 7 atom stereocenters. The number of carbonyl (C=O) groups excluding carboxylic acids is 2. The largest absolute Gasteiger partial charge is 0.481 e. The molecule has 0 bridgehead atoms. The predicted molar refractivity (Wildman–Crippen MR) is 89.6 cm³/mol. The lowest BCUT2D eigenvalue weighted by Gasteiger charge is -2.57. The van der Waals surface area contributed by atoms with E-state index < -0.39 is 23.4 Å². The van der Waals surface area contributed by atoms with Crippen LogP contribution in [-0.4, -0.2) is 33.9 Å². The number of carbonyl (C=O) groups is 3. The summed E-state index contributed by atoms with van der Waals surface area (Å²) in [6.45, 7) is 4.03. The van der Waals surface area contributed by atoms with E-state index >= 15 is 0 Å². The first kappa shape index (κ1) is 17.0. The number of aliphatic carboxylic acids is 1. The summed E-state index contributed by atoms with van der Waals surface area (Å²) in [5, 5.41) is 19.9. The normalized spacial score (nSPS) is 49.1. The van der Waals surface area contributed by atoms with Gasteiger partial charge in [0.25, 0.3) is 0 Å². The number of rotatable bonds is 1. The van der Waals surface area contributed by atoms with Crippen molar-refractivity contribution in [2.24, 2.45) is 34.5 Å². The minimum Gasteiger partial charge on any atom is -0.481 e. The lowest BCUT2D eigenvalue weighted by molar-refractivity contribution is -0.155. The van der Waals surface area contributed by atoms with Gasteiger partial charge in [-0.3, -0.25) is 14.4 Å². The van der Waals surface area contributed by atoms with Crippen LogP contribution in [0.15, 0.2) is 11.6 Å². The molecule has 0 aliphatic heterocycles. The molecule has 5 nitrogen and oxygen atoms in total. The van der Waals surface area contributed by atoms with Gasteiger partial charge in [0.05, 0.1) is 6.10 Å². The highest BCUT2D eigenvalue weighted by molar-refractivity contribution is 6.06. The Labute approximate surface area is 147 Å². The molecule has 2 unspecified atom stereocenters. The number of hydrogen-bond acceptors (Lipinski definition) is 4. The van der Waals surface area contributed by atoms with Gasteiger partial charge in [-0.2, -0.15) is 0 Å². The number of ketones is 2. The van der Waals surface area contributed by atoms with E-state index in [2.05, 4.69) is 0 Å². The first-order chi connectivity index (χ1) is 11.7. The number of carboxylic acid groups (broad SMARTS) is 1. The van der Waals surface area contributed by atoms with E-state index in [4.69, 9.17) is 0 Å². The van der Waals surface area contributed by atoms with Crippen LogP contribution in [0, 0.1) is 34.5 Å². The average molecular weight is 346 g/mol. The lowest BCUT2D eigenvalue weighted by Crippen LogP contribution is -2.56. The second-order valence-electron chi connectivity index (χ2n) is 9.11. The number of hydrogen-bond donors (Lipinski definition) is 2. The summed E-state index contributed by atoms with van der Waals surface area (Å²) in [4.78, 5) is 36.9. The first-order valence-electron chi connectivity index (χ1n) is 9.37. The van der Waals surface area contributed by atoms with Gasteiger partial charge in [-0.05, 0) is 50.0 Å². The van der Waals surface area contributed by atoms with Crippen molar-refractivity contribution in [2.75, 3.05) is 0 Å². The number of fused-ring (bicyclic) bond motifs is 5. The molecule has 5 heteroatoms. The molecule has 0 aromatic heterocycles. The molecule has 0 aromatic rings. The van der Waals surface area contributed by atoms with Gasteiger partial charge in [0.1, 0.15) is 11.7 Å². The monoisotopic (exact) mass is 346 g/mol. The smallest absolute Gasteiger partial charge is 0.314 e. The van der Waals surface area contributed by atoms with Crippen LogP contribution in [0.4, 0.5) is 0 Å². The molecule has 0 saturated heterocycles. The first-order valence-corrected chi connectivity index (χ1v) is 9.37. The summed E-state index contributed by atoms with van der Waals surface area (Å²) in [6, 6.07) is 0. The van der Waals surface area contributed by atoms with E-state index in [0.29, 0.717) is 12.3 Å². The molecule has 3 fully saturated rings. The minimum atomic E-state index is -1.09. The Balaban J connectivity index is 1.76. The molecule has 25 heavy (non-hydrogen) atoms. The maximum atomic E-state index is 13.2. The van der Waals surface area contributed by atoms with E-state index in [0.717, 1.165) is 31.3 Å². The second kappa shape index (κ2) is 5.26. The zero-order chi connectivity index (χ0) is 18.1. The number of Topliss-reactive ketones (excluding diaryl/α,β-unsaturated/α-hetero) is 1. The van der Waals surface area contributed by atoms with Crippen LogP contribution >= 0.6 is 0 Å². The van der Waals surface area contributed by atoms with Gasteiger partial charge >= 0.3 is 5.97 Å². The average Bonchev–Trinajstić information content (AvgIpc) is 2.82. The van der Waals surface area contributed by atoms with Crippen LogP contribution in [-0.2, 0) is 14.4 Å². The number of aliphatic hydroxyl groups excluding tert-OH is 1. The standard InChI is InChI=1S/C20H26O5/c1-19-8-12(18(24)25)14(21)7-10(19)3-4-11-13-5-6-16(23)20(13,2)9-15(22)17(11)19/h7,11-13,16-17,23H,3-6,8-9H2,1-2H3,(H,24,25)/t11-,12?,13-,16?,17-,19-,20-/m0/s1. The summed E-state index contributed by atoms with van der Waals surface area (Å²) in [5.74, 6) is -2.03. The Morgan fingerprint density at radius 3 is 2.60 bits per heavy atom. The van der Waals surface area contributed by atoms with Gasteiger partial charge in [-0.1, -0.05) is 19.4 Å². The van der Waals surface area contributed by atoms with Crippen LogP contribution in [0.2, 0.25) is 0 Å². The topological polar surface area (TPSA) is 91.7 Å². The van der Waals surface area contributed by atoms with Crippen molar-refractivity contribution in [3.05, 3.63) is 11.6 Å². The van der Waals surface area contributed by atoms with Gasteiger partial charge in [0.15, 0.2) is 5.78 Å². The van der Waals surface area contributed by atoms with Crippen LogP contribution in [0.25, 0.3) is 0 Å². The maximum absolute atomic E-state index is 13.2. The van der Waals surface area contributed by atoms with Crippen LogP contribution in [0.5, 0.6) is 0 Å². The van der Waals surface area contributed by atoms with Crippen molar-refractivity contribution in [2.45, 2.75) is 58.5 Å². The molecule has 3 saturated carbocycles. The molecule has 0 spiro atoms. The fraction of sp³-hybridized carbons (Fsp3) is 0.750. The molecular weight excluding hydrogens is 320 g/mol. The molecule has 0 radical (unpaired) electrons. The van der Waals surface area contributed by atoms with Crippen LogP contribution in [0.1, 0.15) is 52.4 Å². The quantitative estimate of drug-likeness (QED) is 0.711. The van der Waals surface area contributed by atoms with Crippen molar-refractivity contribution in [1.29, 1.82) is 0 Å². The van der Waals surface area contributed by atoms with Crippen molar-refractivity contribution in [1.82, 2.24) is 0 Å². The van der Waals surface area contributed by atoms with E-state index in [9.17, 15) is 24.6 Å². The van der Waals surface area contributed by atoms with Gasteiger partial charge in [0.2, 0.25) is 0 Å². The third kappa shape index (κ3) is 2.14. The van der Waals surface area contributed by atoms with E-state index in [1.807, 2.05) is 13.8 Å². The molecule has 0 heterocycles. The van der Waals surface area contributed by atoms with Crippen LogP contribution in [0.3, 0.4) is 0 Å². The van der Waals surface area contributed by atoms with Crippen LogP contribution < -0.4 is 0 Å². The van der Waals surface area contributed by atoms with E-state index in [-0.39, 0.29) is 35.2 Å². The third-order valence-electron chi connectivity index (χ3n) is 7.96. The highest BCUT2D eigenvalue weighted by atomic mass is 16.4. The number of carboxylic acids is 1. The Morgan fingerprint density at radius 2 is 1.92 bits per heavy atom. The molecule has 4 aliphatic carbocycles. The molecule has 0 amide bonds. The highest BCUT2D eigenvalue weighted by Crippen LogP contribution is 2.64. The summed E-state index contributed by atoms with van der Waals surface area (Å²) in [5.41, 5.74) is 0.0879. The molecule has 0 aromatic carbocycles. The number of aliphatic hydroxyl groups is 1. The molecule has 2 N–H and O–H groups in total. The Morgan fingerprint density at radius 1 is 1.20 bits per heavy atom. The SMILES string of the molecule is C[C@]12CC(C(=O)O)C(=O)C=C1CC[C@@H]1[C@H]2C(=O)C[C@]2(C)C(O)CC[C@@H]12. The second-order valence-corrected chi connectivity index (χ2v) is 9.11. The Kier molecular flexibility index (Phi) is 3.56. The van der Waals surface area contributed by atoms with Gasteiger partial charge < -0.3 is 10.2 Å². The van der Waals surface area contributed by atoms with E-state index in [1.54, 1.807) is 0 Å².